The Labute approximate surface area is 212 Å². The molecule has 2 aliphatic heterocycles. The van der Waals surface area contributed by atoms with Gasteiger partial charge in [0, 0.05) is 34.5 Å². The zero-order valence-electron chi connectivity index (χ0n) is 18.6. The largest absolute Gasteiger partial charge is 0.573 e. The maximum absolute atomic E-state index is 13.0. The highest BCUT2D eigenvalue weighted by molar-refractivity contribution is 9.10. The second-order valence-corrected chi connectivity index (χ2v) is 11.0. The molecule has 2 bridgehead atoms. The van der Waals surface area contributed by atoms with Crippen LogP contribution in [0.1, 0.15) is 55.8 Å². The number of thiazole rings is 1. The molecule has 1 aromatic carbocycles. The molecule has 4 heterocycles. The fourth-order valence-corrected chi connectivity index (χ4v) is 6.75. The van der Waals surface area contributed by atoms with E-state index in [2.05, 4.69) is 35.7 Å². The molecule has 2 aromatic heterocycles. The number of benzene rings is 1. The molecule has 1 aliphatic carbocycles. The van der Waals surface area contributed by atoms with E-state index >= 15 is 0 Å². The fraction of sp³-hybridized carbons (Fsp3) is 0.500. The zero-order chi connectivity index (χ0) is 24.2. The predicted octanol–water partition coefficient (Wildman–Crippen LogP) is 7.05. The van der Waals surface area contributed by atoms with Crippen LogP contribution in [0.25, 0.3) is 11.3 Å². The van der Waals surface area contributed by atoms with Crippen LogP contribution in [0.5, 0.6) is 5.75 Å². The average molecular weight is 570 g/mol. The zero-order valence-corrected chi connectivity index (χ0v) is 21.0. The van der Waals surface area contributed by atoms with Crippen LogP contribution in [0.3, 0.4) is 0 Å². The van der Waals surface area contributed by atoms with E-state index < -0.39 is 6.36 Å². The standard InChI is InChI=1S/C24H23BrF3N3O3S/c25-20-12-35-23(29-20)31-14-7-8-15(31)10-16(9-14)32-11-18-21(30-34-22(18)13-5-6-13)17-3-1-2-4-19(17)33-24(26,27)28/h1-4,12-16H,5-11H2/t14-,15+,16?. The van der Waals surface area contributed by atoms with Gasteiger partial charge >= 0.3 is 6.36 Å². The summed E-state index contributed by atoms with van der Waals surface area (Å²) in [6.07, 6.45) is 1.22. The lowest BCUT2D eigenvalue weighted by Crippen LogP contribution is -2.45. The number of nitrogens with zero attached hydrogens (tertiary/aromatic N) is 3. The van der Waals surface area contributed by atoms with Crippen LogP contribution >= 0.6 is 27.3 Å². The summed E-state index contributed by atoms with van der Waals surface area (Å²) < 4.78 is 56.2. The maximum Gasteiger partial charge on any atom is 0.573 e. The molecule has 3 aliphatic rings. The van der Waals surface area contributed by atoms with Crippen molar-refractivity contribution in [2.24, 2.45) is 0 Å². The van der Waals surface area contributed by atoms with Crippen LogP contribution in [0.15, 0.2) is 38.8 Å². The van der Waals surface area contributed by atoms with Gasteiger partial charge in [-0.15, -0.1) is 24.5 Å². The lowest BCUT2D eigenvalue weighted by atomic mass is 10.00. The number of rotatable bonds is 7. The number of anilines is 1. The minimum absolute atomic E-state index is 0.0589. The molecule has 3 fully saturated rings. The molecule has 0 radical (unpaired) electrons. The third kappa shape index (κ3) is 4.82. The van der Waals surface area contributed by atoms with Crippen LogP contribution < -0.4 is 9.64 Å². The quantitative estimate of drug-likeness (QED) is 0.303. The lowest BCUT2D eigenvalue weighted by Gasteiger charge is -2.38. The lowest BCUT2D eigenvalue weighted by molar-refractivity contribution is -0.274. The fourth-order valence-electron chi connectivity index (χ4n) is 5.36. The molecule has 1 unspecified atom stereocenters. The molecule has 2 saturated heterocycles. The van der Waals surface area contributed by atoms with Gasteiger partial charge in [0.1, 0.15) is 21.8 Å². The van der Waals surface area contributed by atoms with Crippen molar-refractivity contribution in [3.63, 3.8) is 0 Å². The summed E-state index contributed by atoms with van der Waals surface area (Å²) in [7, 11) is 0. The summed E-state index contributed by atoms with van der Waals surface area (Å²) in [6.45, 7) is 0.248. The molecular formula is C24H23BrF3N3O3S. The van der Waals surface area contributed by atoms with Gasteiger partial charge in [-0.1, -0.05) is 17.3 Å². The topological polar surface area (TPSA) is 60.6 Å². The Morgan fingerprint density at radius 1 is 1.11 bits per heavy atom. The predicted molar refractivity (Wildman–Crippen MR) is 128 cm³/mol. The normalized spacial score (nSPS) is 24.2. The van der Waals surface area contributed by atoms with Crippen molar-refractivity contribution in [1.82, 2.24) is 10.1 Å². The molecular weight excluding hydrogens is 547 g/mol. The van der Waals surface area contributed by atoms with Gasteiger partial charge in [0.2, 0.25) is 0 Å². The number of ether oxygens (including phenoxy) is 2. The van der Waals surface area contributed by atoms with Gasteiger partial charge in [-0.05, 0) is 66.6 Å². The minimum atomic E-state index is -4.80. The van der Waals surface area contributed by atoms with Crippen molar-refractivity contribution >= 4 is 32.4 Å². The molecule has 3 atom stereocenters. The van der Waals surface area contributed by atoms with Gasteiger partial charge < -0.3 is 18.9 Å². The van der Waals surface area contributed by atoms with Gasteiger partial charge in [0.05, 0.1) is 12.7 Å². The van der Waals surface area contributed by atoms with Crippen molar-refractivity contribution in [1.29, 1.82) is 0 Å². The van der Waals surface area contributed by atoms with Crippen LogP contribution in [-0.2, 0) is 11.3 Å². The molecule has 0 amide bonds. The number of hydrogen-bond donors (Lipinski definition) is 0. The van der Waals surface area contributed by atoms with Crippen LogP contribution in [0.2, 0.25) is 0 Å². The number of halogens is 4. The van der Waals surface area contributed by atoms with E-state index in [1.165, 1.54) is 12.1 Å². The van der Waals surface area contributed by atoms with Crippen molar-refractivity contribution in [2.75, 3.05) is 4.90 Å². The Kier molecular flexibility index (Phi) is 6.04. The smallest absolute Gasteiger partial charge is 0.405 e. The highest BCUT2D eigenvalue weighted by Crippen LogP contribution is 2.46. The first-order valence-corrected chi connectivity index (χ1v) is 13.4. The van der Waals surface area contributed by atoms with E-state index in [0.29, 0.717) is 17.8 Å². The first kappa shape index (κ1) is 23.3. The van der Waals surface area contributed by atoms with E-state index in [4.69, 9.17) is 9.26 Å². The van der Waals surface area contributed by atoms with Gasteiger partial charge in [-0.3, -0.25) is 0 Å². The molecule has 3 aromatic rings. The Morgan fingerprint density at radius 2 is 1.86 bits per heavy atom. The van der Waals surface area contributed by atoms with E-state index in [-0.39, 0.29) is 29.9 Å². The highest BCUT2D eigenvalue weighted by atomic mass is 79.9. The number of alkyl halides is 3. The van der Waals surface area contributed by atoms with Crippen molar-refractivity contribution in [2.45, 2.75) is 75.6 Å². The monoisotopic (exact) mass is 569 g/mol. The first-order chi connectivity index (χ1) is 16.9. The summed E-state index contributed by atoms with van der Waals surface area (Å²) in [6, 6.07) is 6.80. The van der Waals surface area contributed by atoms with E-state index in [0.717, 1.165) is 59.6 Å². The Morgan fingerprint density at radius 3 is 2.51 bits per heavy atom. The Hall–Kier alpha value is -2.11. The third-order valence-electron chi connectivity index (χ3n) is 6.97. The van der Waals surface area contributed by atoms with Crippen LogP contribution in [0.4, 0.5) is 18.3 Å². The molecule has 6 nitrogen and oxygen atoms in total. The summed E-state index contributed by atoms with van der Waals surface area (Å²) >= 11 is 5.10. The summed E-state index contributed by atoms with van der Waals surface area (Å²) in [5.41, 5.74) is 1.34. The van der Waals surface area contributed by atoms with Crippen LogP contribution in [0, 0.1) is 0 Å². The molecule has 11 heteroatoms. The van der Waals surface area contributed by atoms with Gasteiger partial charge in [-0.2, -0.15) is 0 Å². The third-order valence-corrected chi connectivity index (χ3v) is 8.54. The second-order valence-electron chi connectivity index (χ2n) is 9.34. The molecule has 186 valence electrons. The van der Waals surface area contributed by atoms with E-state index in [1.54, 1.807) is 23.5 Å². The van der Waals surface area contributed by atoms with Crippen molar-refractivity contribution < 1.29 is 27.2 Å². The summed E-state index contributed by atoms with van der Waals surface area (Å²) in [4.78, 5) is 7.04. The SMILES string of the molecule is FC(F)(F)Oc1ccccc1-c1noc(C2CC2)c1COC1C[C@H]2CC[C@@H](C1)N2c1nc(Br)cs1. The molecule has 0 N–H and O–H groups in total. The van der Waals surface area contributed by atoms with Crippen molar-refractivity contribution in [3.8, 4) is 17.0 Å². The number of aromatic nitrogens is 2. The molecule has 6 rings (SSSR count). The van der Waals surface area contributed by atoms with Crippen molar-refractivity contribution in [3.05, 3.63) is 45.6 Å². The number of fused-ring (bicyclic) bond motifs is 2. The second kappa shape index (κ2) is 9.08. The Balaban J connectivity index is 1.22. The first-order valence-electron chi connectivity index (χ1n) is 11.7. The van der Waals surface area contributed by atoms with E-state index in [9.17, 15) is 13.2 Å². The maximum atomic E-state index is 13.0. The van der Waals surface area contributed by atoms with Gasteiger partial charge in [-0.25, -0.2) is 4.98 Å². The molecule has 1 saturated carbocycles. The average Bonchev–Trinajstić information content (AvgIpc) is 3.33. The number of para-hydroxylation sites is 1. The van der Waals surface area contributed by atoms with Gasteiger partial charge in [0.25, 0.3) is 0 Å². The Bertz CT molecular complexity index is 1200. The minimum Gasteiger partial charge on any atom is -0.405 e. The number of hydrogen-bond acceptors (Lipinski definition) is 7. The summed E-state index contributed by atoms with van der Waals surface area (Å²) in [5.74, 6) is 0.666. The molecule has 0 spiro atoms. The molecule has 35 heavy (non-hydrogen) atoms. The highest BCUT2D eigenvalue weighted by Gasteiger charge is 2.43. The van der Waals surface area contributed by atoms with Gasteiger partial charge in [0.15, 0.2) is 5.13 Å². The van der Waals surface area contributed by atoms with Crippen LogP contribution in [-0.4, -0.2) is 34.7 Å². The number of piperidine rings is 1. The van der Waals surface area contributed by atoms with E-state index in [1.807, 2.05) is 5.38 Å². The summed E-state index contributed by atoms with van der Waals surface area (Å²) in [5, 5.41) is 7.22.